The van der Waals surface area contributed by atoms with E-state index >= 15 is 0 Å². The molecule has 1 atom stereocenters. The number of carbonyl (C=O) groups excluding carboxylic acids is 2. The maximum absolute atomic E-state index is 12.5. The molecule has 4 rings (SSSR count). The summed E-state index contributed by atoms with van der Waals surface area (Å²) in [6.07, 6.45) is 0.857. The van der Waals surface area contributed by atoms with Crippen molar-refractivity contribution in [3.63, 3.8) is 0 Å². The average molecular weight is 338 g/mol. The quantitative estimate of drug-likeness (QED) is 0.896. The van der Waals surface area contributed by atoms with Gasteiger partial charge in [-0.1, -0.05) is 24.3 Å². The second-order valence-corrected chi connectivity index (χ2v) is 6.12. The van der Waals surface area contributed by atoms with Crippen LogP contribution in [0.25, 0.3) is 0 Å². The molecular formula is C19H18N2O4. The number of hydrogen-bond donors (Lipinski definition) is 2. The van der Waals surface area contributed by atoms with Gasteiger partial charge in [0.25, 0.3) is 0 Å². The minimum Gasteiger partial charge on any atom is -0.454 e. The number of para-hydroxylation sites is 1. The number of ether oxygens (including phenoxy) is 2. The van der Waals surface area contributed by atoms with Crippen LogP contribution in [0.1, 0.15) is 23.5 Å². The molecule has 0 saturated heterocycles. The van der Waals surface area contributed by atoms with Crippen molar-refractivity contribution >= 4 is 17.5 Å². The molecule has 2 aliphatic heterocycles. The van der Waals surface area contributed by atoms with Gasteiger partial charge in [-0.25, -0.2) is 0 Å². The van der Waals surface area contributed by atoms with Gasteiger partial charge in [-0.3, -0.25) is 9.59 Å². The van der Waals surface area contributed by atoms with Crippen molar-refractivity contribution in [1.29, 1.82) is 0 Å². The number of carbonyl (C=O) groups is 2. The van der Waals surface area contributed by atoms with E-state index in [0.717, 1.165) is 28.3 Å². The lowest BCUT2D eigenvalue weighted by Crippen LogP contribution is -2.35. The van der Waals surface area contributed by atoms with E-state index in [1.807, 2.05) is 42.5 Å². The van der Waals surface area contributed by atoms with Gasteiger partial charge in [0.15, 0.2) is 11.5 Å². The first-order valence-corrected chi connectivity index (χ1v) is 8.26. The molecular weight excluding hydrogens is 320 g/mol. The number of amides is 2. The summed E-state index contributed by atoms with van der Waals surface area (Å²) < 4.78 is 10.6. The van der Waals surface area contributed by atoms with Crippen molar-refractivity contribution in [2.24, 2.45) is 0 Å². The van der Waals surface area contributed by atoms with E-state index in [-0.39, 0.29) is 25.0 Å². The van der Waals surface area contributed by atoms with Gasteiger partial charge in [-0.2, -0.15) is 0 Å². The number of fused-ring (bicyclic) bond motifs is 2. The molecule has 0 bridgehead atoms. The summed E-state index contributed by atoms with van der Waals surface area (Å²) in [5.74, 6) is 0.790. The highest BCUT2D eigenvalue weighted by Gasteiger charge is 2.30. The molecule has 0 radical (unpaired) electrons. The maximum Gasteiger partial charge on any atom is 0.231 e. The fourth-order valence-corrected chi connectivity index (χ4v) is 3.19. The Labute approximate surface area is 145 Å². The lowest BCUT2D eigenvalue weighted by molar-refractivity contribution is -0.126. The van der Waals surface area contributed by atoms with Gasteiger partial charge in [0.2, 0.25) is 18.6 Å². The van der Waals surface area contributed by atoms with Crippen molar-refractivity contribution in [3.8, 4) is 11.5 Å². The zero-order chi connectivity index (χ0) is 17.2. The number of rotatable bonds is 4. The number of benzene rings is 2. The summed E-state index contributed by atoms with van der Waals surface area (Å²) in [7, 11) is 0. The summed E-state index contributed by atoms with van der Waals surface area (Å²) in [5, 5.41) is 5.74. The smallest absolute Gasteiger partial charge is 0.231 e. The van der Waals surface area contributed by atoms with Crippen LogP contribution in [0.4, 0.5) is 5.69 Å². The van der Waals surface area contributed by atoms with Crippen LogP contribution in [0.15, 0.2) is 42.5 Å². The molecule has 0 saturated carbocycles. The molecule has 0 aromatic heterocycles. The highest BCUT2D eigenvalue weighted by Crippen LogP contribution is 2.33. The van der Waals surface area contributed by atoms with Crippen molar-refractivity contribution < 1.29 is 19.1 Å². The Kier molecular flexibility index (Phi) is 4.01. The lowest BCUT2D eigenvalue weighted by Gasteiger charge is -2.24. The molecule has 0 aliphatic carbocycles. The maximum atomic E-state index is 12.5. The predicted octanol–water partition coefficient (Wildman–Crippen LogP) is 2.20. The minimum atomic E-state index is -0.443. The molecule has 2 N–H and O–H groups in total. The SMILES string of the molecule is O=C1CC(C(=O)NCCc2ccc3c(c2)OCO3)c2ccccc2N1. The van der Waals surface area contributed by atoms with Gasteiger partial charge in [0, 0.05) is 18.7 Å². The van der Waals surface area contributed by atoms with Gasteiger partial charge >= 0.3 is 0 Å². The third-order valence-electron chi connectivity index (χ3n) is 4.47. The van der Waals surface area contributed by atoms with Crippen LogP contribution in [-0.4, -0.2) is 25.2 Å². The van der Waals surface area contributed by atoms with Gasteiger partial charge < -0.3 is 20.1 Å². The number of nitrogens with one attached hydrogen (secondary N) is 2. The number of anilines is 1. The molecule has 2 aliphatic rings. The van der Waals surface area contributed by atoms with Crippen LogP contribution in [-0.2, 0) is 16.0 Å². The molecule has 6 nitrogen and oxygen atoms in total. The highest BCUT2D eigenvalue weighted by atomic mass is 16.7. The average Bonchev–Trinajstić information content (AvgIpc) is 3.08. The Bertz CT molecular complexity index is 834. The largest absolute Gasteiger partial charge is 0.454 e. The van der Waals surface area contributed by atoms with Crippen molar-refractivity contribution in [2.45, 2.75) is 18.8 Å². The topological polar surface area (TPSA) is 76.7 Å². The Hall–Kier alpha value is -3.02. The summed E-state index contributed by atoms with van der Waals surface area (Å²) in [5.41, 5.74) is 2.64. The van der Waals surface area contributed by atoms with Gasteiger partial charge in [0.05, 0.1) is 5.92 Å². The van der Waals surface area contributed by atoms with Crippen molar-refractivity contribution in [1.82, 2.24) is 5.32 Å². The van der Waals surface area contributed by atoms with Crippen LogP contribution in [0.2, 0.25) is 0 Å². The molecule has 2 amide bonds. The fraction of sp³-hybridized carbons (Fsp3) is 0.263. The van der Waals surface area contributed by atoms with Gasteiger partial charge in [-0.15, -0.1) is 0 Å². The van der Waals surface area contributed by atoms with E-state index in [1.54, 1.807) is 0 Å². The monoisotopic (exact) mass is 338 g/mol. The van der Waals surface area contributed by atoms with Crippen molar-refractivity contribution in [3.05, 3.63) is 53.6 Å². The van der Waals surface area contributed by atoms with Crippen LogP contribution in [0.3, 0.4) is 0 Å². The van der Waals surface area contributed by atoms with E-state index in [2.05, 4.69) is 10.6 Å². The predicted molar refractivity (Wildman–Crippen MR) is 91.7 cm³/mol. The van der Waals surface area contributed by atoms with E-state index in [0.29, 0.717) is 13.0 Å². The lowest BCUT2D eigenvalue weighted by atomic mass is 9.90. The van der Waals surface area contributed by atoms with Crippen LogP contribution in [0.5, 0.6) is 11.5 Å². The normalized spacial score (nSPS) is 17.6. The second-order valence-electron chi connectivity index (χ2n) is 6.12. The highest BCUT2D eigenvalue weighted by molar-refractivity contribution is 6.01. The molecule has 0 fully saturated rings. The summed E-state index contributed by atoms with van der Waals surface area (Å²) in [4.78, 5) is 24.4. The third-order valence-corrected chi connectivity index (χ3v) is 4.47. The third kappa shape index (κ3) is 3.15. The molecule has 25 heavy (non-hydrogen) atoms. The van der Waals surface area contributed by atoms with E-state index in [1.165, 1.54) is 0 Å². The second kappa shape index (κ2) is 6.47. The Morgan fingerprint density at radius 1 is 1.16 bits per heavy atom. The zero-order valence-corrected chi connectivity index (χ0v) is 13.6. The zero-order valence-electron chi connectivity index (χ0n) is 13.6. The summed E-state index contributed by atoms with van der Waals surface area (Å²) in [6.45, 7) is 0.747. The van der Waals surface area contributed by atoms with Gasteiger partial charge in [-0.05, 0) is 35.7 Å². The first-order valence-electron chi connectivity index (χ1n) is 8.26. The molecule has 1 unspecified atom stereocenters. The molecule has 128 valence electrons. The Morgan fingerprint density at radius 2 is 2.00 bits per heavy atom. The van der Waals surface area contributed by atoms with Crippen LogP contribution >= 0.6 is 0 Å². The van der Waals surface area contributed by atoms with Crippen LogP contribution < -0.4 is 20.1 Å². The van der Waals surface area contributed by atoms with Crippen LogP contribution in [0, 0.1) is 0 Å². The van der Waals surface area contributed by atoms with E-state index < -0.39 is 5.92 Å². The fourth-order valence-electron chi connectivity index (χ4n) is 3.19. The molecule has 0 spiro atoms. The number of hydrogen-bond acceptors (Lipinski definition) is 4. The first-order chi connectivity index (χ1) is 12.2. The molecule has 6 heteroatoms. The summed E-state index contributed by atoms with van der Waals surface area (Å²) in [6, 6.07) is 13.2. The van der Waals surface area contributed by atoms with Gasteiger partial charge in [0.1, 0.15) is 0 Å². The standard InChI is InChI=1S/C19H18N2O4/c22-18-10-14(13-3-1-2-4-15(13)21-18)19(23)20-8-7-12-5-6-16-17(9-12)25-11-24-16/h1-6,9,14H,7-8,10-11H2,(H,20,23)(H,21,22). The summed E-state index contributed by atoms with van der Waals surface area (Å²) >= 11 is 0. The van der Waals surface area contributed by atoms with Crippen molar-refractivity contribution in [2.75, 3.05) is 18.7 Å². The van der Waals surface area contributed by atoms with E-state index in [9.17, 15) is 9.59 Å². The molecule has 2 aromatic carbocycles. The molecule has 2 heterocycles. The minimum absolute atomic E-state index is 0.122. The van der Waals surface area contributed by atoms with E-state index in [4.69, 9.17) is 9.47 Å². The molecule has 2 aromatic rings. The Balaban J connectivity index is 1.39. The Morgan fingerprint density at radius 3 is 2.92 bits per heavy atom. The first kappa shape index (κ1) is 15.5.